The van der Waals surface area contributed by atoms with Crippen LogP contribution in [0.3, 0.4) is 0 Å². The van der Waals surface area contributed by atoms with Crippen molar-refractivity contribution in [3.8, 4) is 11.6 Å². The second kappa shape index (κ2) is 8.56. The van der Waals surface area contributed by atoms with E-state index in [1.807, 2.05) is 47.5 Å². The number of nitrogens with zero attached hydrogens (tertiary/aromatic N) is 3. The molecule has 3 aromatic rings. The molecule has 31 heavy (non-hydrogen) atoms. The van der Waals surface area contributed by atoms with Crippen LogP contribution in [0.2, 0.25) is 5.02 Å². The fourth-order valence-corrected chi connectivity index (χ4v) is 5.36. The molecular formula is C25H28ClN3O2. The van der Waals surface area contributed by atoms with Crippen LogP contribution in [0.15, 0.2) is 48.7 Å². The molecule has 2 aliphatic rings. The number of hydrogen-bond acceptors (Lipinski definition) is 3. The van der Waals surface area contributed by atoms with Gasteiger partial charge in [-0.2, -0.15) is 0 Å². The molecule has 2 fully saturated rings. The average Bonchev–Trinajstić information content (AvgIpc) is 3.17. The number of fused-ring (bicyclic) bond motifs is 1. The van der Waals surface area contributed by atoms with Crippen molar-refractivity contribution in [3.05, 3.63) is 59.2 Å². The number of hydrogen-bond donors (Lipinski definition) is 1. The van der Waals surface area contributed by atoms with Gasteiger partial charge in [0.15, 0.2) is 0 Å². The van der Waals surface area contributed by atoms with Crippen molar-refractivity contribution in [1.82, 2.24) is 14.4 Å². The zero-order chi connectivity index (χ0) is 21.4. The maximum atomic E-state index is 13.2. The second-order valence-electron chi connectivity index (χ2n) is 8.70. The maximum absolute atomic E-state index is 13.2. The van der Waals surface area contributed by atoms with Crippen molar-refractivity contribution in [2.24, 2.45) is 0 Å². The minimum Gasteiger partial charge on any atom is -0.494 e. The number of piperidine rings is 2. The van der Waals surface area contributed by atoms with Crippen molar-refractivity contribution < 1.29 is 9.90 Å². The number of amides is 1. The Hall–Kier alpha value is -2.50. The summed E-state index contributed by atoms with van der Waals surface area (Å²) in [5.74, 6) is 0.153. The van der Waals surface area contributed by atoms with Gasteiger partial charge in [-0.1, -0.05) is 36.2 Å². The fraction of sp³-hybridized carbons (Fsp3) is 0.400. The Morgan fingerprint density at radius 2 is 1.71 bits per heavy atom. The molecule has 2 aliphatic heterocycles. The van der Waals surface area contributed by atoms with Crippen LogP contribution < -0.4 is 0 Å². The Balaban J connectivity index is 1.33. The van der Waals surface area contributed by atoms with Gasteiger partial charge in [0.05, 0.1) is 10.4 Å². The number of halogens is 1. The number of likely N-dealkylation sites (tertiary alicyclic amines) is 2. The van der Waals surface area contributed by atoms with E-state index >= 15 is 0 Å². The maximum Gasteiger partial charge on any atom is 0.253 e. The summed E-state index contributed by atoms with van der Waals surface area (Å²) in [6, 6.07) is 13.6. The third kappa shape index (κ3) is 3.92. The Morgan fingerprint density at radius 1 is 0.968 bits per heavy atom. The highest BCUT2D eigenvalue weighted by Gasteiger charge is 2.28. The average molecular weight is 438 g/mol. The van der Waals surface area contributed by atoms with Crippen LogP contribution in [0, 0.1) is 0 Å². The zero-order valence-electron chi connectivity index (χ0n) is 17.6. The number of aromatic hydroxyl groups is 1. The van der Waals surface area contributed by atoms with Crippen LogP contribution in [0.1, 0.15) is 42.5 Å². The molecule has 5 nitrogen and oxygen atoms in total. The van der Waals surface area contributed by atoms with Crippen LogP contribution in [0.5, 0.6) is 5.88 Å². The van der Waals surface area contributed by atoms with Crippen molar-refractivity contribution in [2.45, 2.75) is 38.1 Å². The number of carbonyl (C=O) groups is 1. The smallest absolute Gasteiger partial charge is 0.253 e. The minimum absolute atomic E-state index is 0.0631. The highest BCUT2D eigenvalue weighted by Crippen LogP contribution is 2.35. The monoisotopic (exact) mass is 437 g/mol. The van der Waals surface area contributed by atoms with E-state index < -0.39 is 0 Å². The Bertz CT molecular complexity index is 1100. The first-order valence-electron chi connectivity index (χ1n) is 11.2. The van der Waals surface area contributed by atoms with Crippen LogP contribution in [-0.2, 0) is 0 Å². The molecule has 3 heterocycles. The van der Waals surface area contributed by atoms with Gasteiger partial charge in [0.25, 0.3) is 5.91 Å². The lowest BCUT2D eigenvalue weighted by atomic mass is 9.99. The minimum atomic E-state index is 0.0631. The number of benzene rings is 2. The molecule has 0 unspecified atom stereocenters. The molecule has 0 saturated carbocycles. The van der Waals surface area contributed by atoms with Crippen LogP contribution in [0.4, 0.5) is 0 Å². The zero-order valence-corrected chi connectivity index (χ0v) is 18.4. The van der Waals surface area contributed by atoms with E-state index in [0.29, 0.717) is 22.0 Å². The van der Waals surface area contributed by atoms with E-state index in [-0.39, 0.29) is 11.8 Å². The highest BCUT2D eigenvalue weighted by atomic mass is 35.5. The number of rotatable bonds is 3. The largest absolute Gasteiger partial charge is 0.494 e. The van der Waals surface area contributed by atoms with Gasteiger partial charge in [-0.15, -0.1) is 0 Å². The third-order valence-corrected chi connectivity index (χ3v) is 7.11. The molecule has 5 rings (SSSR count). The van der Waals surface area contributed by atoms with Crippen LogP contribution in [0.25, 0.3) is 16.5 Å². The van der Waals surface area contributed by atoms with Gasteiger partial charge >= 0.3 is 0 Å². The van der Waals surface area contributed by atoms with Gasteiger partial charge in [0.1, 0.15) is 0 Å². The van der Waals surface area contributed by atoms with Crippen LogP contribution in [-0.4, -0.2) is 57.6 Å². The topological polar surface area (TPSA) is 48.7 Å². The molecule has 1 aromatic heterocycles. The molecule has 0 bridgehead atoms. The van der Waals surface area contributed by atoms with E-state index in [1.54, 1.807) is 10.6 Å². The van der Waals surface area contributed by atoms with Gasteiger partial charge in [-0.25, -0.2) is 0 Å². The van der Waals surface area contributed by atoms with Crippen molar-refractivity contribution in [1.29, 1.82) is 0 Å². The van der Waals surface area contributed by atoms with E-state index in [9.17, 15) is 9.90 Å². The summed E-state index contributed by atoms with van der Waals surface area (Å²) < 4.78 is 1.69. The lowest BCUT2D eigenvalue weighted by molar-refractivity contribution is 0.0590. The summed E-state index contributed by atoms with van der Waals surface area (Å²) >= 11 is 6.28. The highest BCUT2D eigenvalue weighted by molar-refractivity contribution is 6.36. The summed E-state index contributed by atoms with van der Waals surface area (Å²) in [7, 11) is 0. The molecule has 2 saturated heterocycles. The lowest BCUT2D eigenvalue weighted by Crippen LogP contribution is -2.48. The van der Waals surface area contributed by atoms with Gasteiger partial charge < -0.3 is 14.9 Å². The van der Waals surface area contributed by atoms with E-state index in [2.05, 4.69) is 4.90 Å². The van der Waals surface area contributed by atoms with Gasteiger partial charge in [0, 0.05) is 42.0 Å². The van der Waals surface area contributed by atoms with Crippen molar-refractivity contribution in [3.63, 3.8) is 0 Å². The number of aromatic nitrogens is 1. The van der Waals surface area contributed by atoms with E-state index in [1.165, 1.54) is 32.4 Å². The quantitative estimate of drug-likeness (QED) is 0.621. The normalized spacial score (nSPS) is 18.5. The Labute approximate surface area is 187 Å². The summed E-state index contributed by atoms with van der Waals surface area (Å²) in [5, 5.41) is 12.7. The van der Waals surface area contributed by atoms with Crippen molar-refractivity contribution >= 4 is 28.3 Å². The molecule has 0 atom stereocenters. The van der Waals surface area contributed by atoms with E-state index in [0.717, 1.165) is 37.0 Å². The molecule has 2 aromatic carbocycles. The summed E-state index contributed by atoms with van der Waals surface area (Å²) in [5.41, 5.74) is 1.40. The van der Waals surface area contributed by atoms with Crippen LogP contribution >= 0.6 is 11.6 Å². The third-order valence-electron chi connectivity index (χ3n) is 6.80. The molecule has 6 heteroatoms. The molecular weight excluding hydrogens is 410 g/mol. The van der Waals surface area contributed by atoms with E-state index in [4.69, 9.17) is 11.6 Å². The summed E-state index contributed by atoms with van der Waals surface area (Å²) in [4.78, 5) is 17.8. The predicted molar refractivity (Wildman–Crippen MR) is 124 cm³/mol. The second-order valence-corrected chi connectivity index (χ2v) is 9.10. The molecule has 162 valence electrons. The van der Waals surface area contributed by atoms with Gasteiger partial charge in [0.2, 0.25) is 5.88 Å². The van der Waals surface area contributed by atoms with Gasteiger partial charge in [-0.3, -0.25) is 9.36 Å². The predicted octanol–water partition coefficient (Wildman–Crippen LogP) is 5.08. The first kappa shape index (κ1) is 20.4. The number of carbonyl (C=O) groups excluding carboxylic acids is 1. The summed E-state index contributed by atoms with van der Waals surface area (Å²) in [6.45, 7) is 4.02. The Kier molecular flexibility index (Phi) is 5.63. The standard InChI is InChI=1S/C25H28ClN3O2/c26-22-9-5-7-19-17-29(25(31)23(19)22)21-8-4-6-18(16-21)24(30)28-14-10-20(11-15-28)27-12-2-1-3-13-27/h4-9,16-17,20,31H,1-3,10-15H2. The fourth-order valence-electron chi connectivity index (χ4n) is 5.09. The Morgan fingerprint density at radius 3 is 2.45 bits per heavy atom. The van der Waals surface area contributed by atoms with Crippen molar-refractivity contribution in [2.75, 3.05) is 26.2 Å². The molecule has 1 amide bonds. The SMILES string of the molecule is O=C(c1cccc(-n2cc3cccc(Cl)c3c2O)c1)N1CCC(N2CCCCC2)CC1. The van der Waals surface area contributed by atoms with Gasteiger partial charge in [-0.05, 0) is 63.0 Å². The molecule has 0 spiro atoms. The first-order valence-corrected chi connectivity index (χ1v) is 11.6. The molecule has 0 aliphatic carbocycles. The first-order chi connectivity index (χ1) is 15.1. The molecule has 1 N–H and O–H groups in total. The molecule has 0 radical (unpaired) electrons. The summed E-state index contributed by atoms with van der Waals surface area (Å²) in [6.07, 6.45) is 7.91. The lowest BCUT2D eigenvalue weighted by Gasteiger charge is -2.40.